The maximum Gasteiger partial charge on any atom is 0.115 e. The number of hydrogen-bond donors (Lipinski definition) is 2. The van der Waals surface area contributed by atoms with Crippen molar-refractivity contribution in [3.8, 4) is 11.8 Å². The summed E-state index contributed by atoms with van der Waals surface area (Å²) in [6.07, 6.45) is -0.840. The number of nitriles is 1. The molecule has 1 rings (SSSR count). The van der Waals surface area contributed by atoms with Crippen molar-refractivity contribution in [2.75, 3.05) is 0 Å². The zero-order valence-electron chi connectivity index (χ0n) is 8.23. The number of rotatable bonds is 2. The Morgan fingerprint density at radius 3 is 2.21 bits per heavy atom. The Morgan fingerprint density at radius 1 is 1.29 bits per heavy atom. The first-order valence-corrected chi connectivity index (χ1v) is 4.35. The highest BCUT2D eigenvalue weighted by Crippen LogP contribution is 2.32. The minimum absolute atomic E-state index is 0.149. The van der Waals surface area contributed by atoms with Crippen LogP contribution in [0.5, 0.6) is 5.75 Å². The first-order chi connectivity index (χ1) is 6.47. The van der Waals surface area contributed by atoms with Gasteiger partial charge in [0.25, 0.3) is 0 Å². The van der Waals surface area contributed by atoms with E-state index in [2.05, 4.69) is 0 Å². The average Bonchev–Trinajstić information content (AvgIpc) is 2.18. The van der Waals surface area contributed by atoms with Crippen LogP contribution in [0.25, 0.3) is 0 Å². The molecule has 0 saturated carbocycles. The van der Waals surface area contributed by atoms with E-state index in [1.165, 1.54) is 12.1 Å². The monoisotopic (exact) mass is 191 g/mol. The Balaban J connectivity index is 2.96. The summed E-state index contributed by atoms with van der Waals surface area (Å²) in [6.45, 7) is 3.34. The summed E-state index contributed by atoms with van der Waals surface area (Å²) in [6, 6.07) is 8.25. The third-order valence-electron chi connectivity index (χ3n) is 2.18. The van der Waals surface area contributed by atoms with Crippen LogP contribution < -0.4 is 0 Å². The lowest BCUT2D eigenvalue weighted by molar-refractivity contribution is 0.0867. The van der Waals surface area contributed by atoms with Gasteiger partial charge >= 0.3 is 0 Å². The molecule has 0 bridgehead atoms. The zero-order valence-corrected chi connectivity index (χ0v) is 8.23. The molecule has 2 N–H and O–H groups in total. The molecule has 0 unspecified atom stereocenters. The van der Waals surface area contributed by atoms with Gasteiger partial charge in [-0.05, 0) is 31.5 Å². The highest BCUT2D eigenvalue weighted by atomic mass is 16.3. The molecule has 0 aliphatic carbocycles. The van der Waals surface area contributed by atoms with Crippen LogP contribution in [0.1, 0.15) is 25.5 Å². The van der Waals surface area contributed by atoms with Crippen molar-refractivity contribution in [1.29, 1.82) is 5.26 Å². The van der Waals surface area contributed by atoms with Crippen LogP contribution in [0.4, 0.5) is 0 Å². The lowest BCUT2D eigenvalue weighted by atomic mass is 9.84. The predicted molar refractivity (Wildman–Crippen MR) is 52.5 cm³/mol. The molecule has 0 aliphatic rings. The number of aliphatic hydroxyl groups is 1. The van der Waals surface area contributed by atoms with Gasteiger partial charge < -0.3 is 10.2 Å². The summed E-state index contributed by atoms with van der Waals surface area (Å²) in [7, 11) is 0. The molecular weight excluding hydrogens is 178 g/mol. The average molecular weight is 191 g/mol. The molecule has 0 amide bonds. The third-order valence-corrected chi connectivity index (χ3v) is 2.18. The van der Waals surface area contributed by atoms with Crippen molar-refractivity contribution in [3.05, 3.63) is 29.8 Å². The van der Waals surface area contributed by atoms with E-state index in [1.54, 1.807) is 26.0 Å². The zero-order chi connectivity index (χ0) is 10.8. The fourth-order valence-corrected chi connectivity index (χ4v) is 1.13. The fraction of sp³-hybridized carbons (Fsp3) is 0.364. The second kappa shape index (κ2) is 3.69. The molecule has 0 aromatic heterocycles. The second-order valence-electron chi connectivity index (χ2n) is 3.83. The molecular formula is C11H13NO2. The molecule has 0 saturated heterocycles. The lowest BCUT2D eigenvalue weighted by Crippen LogP contribution is -2.19. The topological polar surface area (TPSA) is 64.2 Å². The summed E-state index contributed by atoms with van der Waals surface area (Å²) < 4.78 is 0. The van der Waals surface area contributed by atoms with Crippen molar-refractivity contribution in [3.63, 3.8) is 0 Å². The Hall–Kier alpha value is -1.53. The van der Waals surface area contributed by atoms with Crippen molar-refractivity contribution < 1.29 is 10.2 Å². The van der Waals surface area contributed by atoms with Gasteiger partial charge in [0.15, 0.2) is 0 Å². The smallest absolute Gasteiger partial charge is 0.115 e. The van der Waals surface area contributed by atoms with Gasteiger partial charge in [0, 0.05) is 0 Å². The maximum absolute atomic E-state index is 9.84. The summed E-state index contributed by atoms with van der Waals surface area (Å²) >= 11 is 0. The standard InChI is InChI=1S/C11H13NO2/c1-11(2,7-12)10(14)8-3-5-9(13)6-4-8/h3-6,10,13-14H,1-2H3/t10-/m1/s1. The minimum atomic E-state index is -0.840. The van der Waals surface area contributed by atoms with Crippen LogP contribution >= 0.6 is 0 Å². The Labute approximate surface area is 83.2 Å². The van der Waals surface area contributed by atoms with E-state index in [9.17, 15) is 5.11 Å². The molecule has 74 valence electrons. The molecule has 1 atom stereocenters. The summed E-state index contributed by atoms with van der Waals surface area (Å²) in [4.78, 5) is 0. The van der Waals surface area contributed by atoms with Crippen molar-refractivity contribution in [2.45, 2.75) is 20.0 Å². The highest BCUT2D eigenvalue weighted by molar-refractivity contribution is 5.29. The summed E-state index contributed by atoms with van der Waals surface area (Å²) in [5.41, 5.74) is -0.189. The Kier molecular flexibility index (Phi) is 2.78. The molecule has 0 fully saturated rings. The van der Waals surface area contributed by atoms with Crippen molar-refractivity contribution in [2.24, 2.45) is 5.41 Å². The van der Waals surface area contributed by atoms with Crippen molar-refractivity contribution >= 4 is 0 Å². The van der Waals surface area contributed by atoms with Crippen molar-refractivity contribution in [1.82, 2.24) is 0 Å². The van der Waals surface area contributed by atoms with Crippen LogP contribution in [0, 0.1) is 16.7 Å². The number of aliphatic hydroxyl groups excluding tert-OH is 1. The molecule has 3 heteroatoms. The number of phenolic OH excluding ortho intramolecular Hbond substituents is 1. The van der Waals surface area contributed by atoms with Gasteiger partial charge in [0.05, 0.1) is 17.6 Å². The Bertz CT molecular complexity index is 349. The van der Waals surface area contributed by atoms with Crippen LogP contribution in [-0.4, -0.2) is 10.2 Å². The van der Waals surface area contributed by atoms with Crippen LogP contribution in [-0.2, 0) is 0 Å². The summed E-state index contributed by atoms with van der Waals surface area (Å²) in [5, 5.41) is 27.7. The first kappa shape index (κ1) is 10.6. The van der Waals surface area contributed by atoms with Crippen LogP contribution in [0.3, 0.4) is 0 Å². The van der Waals surface area contributed by atoms with Gasteiger partial charge in [-0.15, -0.1) is 0 Å². The second-order valence-corrected chi connectivity index (χ2v) is 3.83. The van der Waals surface area contributed by atoms with Gasteiger partial charge in [0.2, 0.25) is 0 Å². The maximum atomic E-state index is 9.84. The predicted octanol–water partition coefficient (Wildman–Crippen LogP) is 1.98. The number of nitrogens with zero attached hydrogens (tertiary/aromatic N) is 1. The fourth-order valence-electron chi connectivity index (χ4n) is 1.13. The van der Waals surface area contributed by atoms with Gasteiger partial charge in [-0.2, -0.15) is 5.26 Å². The largest absolute Gasteiger partial charge is 0.508 e. The van der Waals surface area contributed by atoms with E-state index in [-0.39, 0.29) is 5.75 Å². The van der Waals surface area contributed by atoms with Gasteiger partial charge in [-0.25, -0.2) is 0 Å². The molecule has 3 nitrogen and oxygen atoms in total. The quantitative estimate of drug-likeness (QED) is 0.751. The van der Waals surface area contributed by atoms with Gasteiger partial charge in [-0.1, -0.05) is 12.1 Å². The van der Waals surface area contributed by atoms with Crippen LogP contribution in [0.15, 0.2) is 24.3 Å². The molecule has 0 heterocycles. The Morgan fingerprint density at radius 2 is 1.79 bits per heavy atom. The number of phenols is 1. The third kappa shape index (κ3) is 2.04. The molecule has 0 aliphatic heterocycles. The number of aromatic hydroxyl groups is 1. The molecule has 0 spiro atoms. The molecule has 1 aromatic carbocycles. The number of hydrogen-bond acceptors (Lipinski definition) is 3. The van der Waals surface area contributed by atoms with E-state index < -0.39 is 11.5 Å². The van der Waals surface area contributed by atoms with E-state index in [0.29, 0.717) is 5.56 Å². The van der Waals surface area contributed by atoms with E-state index in [4.69, 9.17) is 10.4 Å². The van der Waals surface area contributed by atoms with Gasteiger partial charge in [-0.3, -0.25) is 0 Å². The summed E-state index contributed by atoms with van der Waals surface area (Å²) in [5.74, 6) is 0.149. The molecule has 14 heavy (non-hydrogen) atoms. The van der Waals surface area contributed by atoms with Gasteiger partial charge in [0.1, 0.15) is 5.75 Å². The van der Waals surface area contributed by atoms with Crippen LogP contribution in [0.2, 0.25) is 0 Å². The SMILES string of the molecule is CC(C)(C#N)[C@H](O)c1ccc(O)cc1. The number of benzene rings is 1. The molecule has 0 radical (unpaired) electrons. The van der Waals surface area contributed by atoms with E-state index in [0.717, 1.165) is 0 Å². The highest BCUT2D eigenvalue weighted by Gasteiger charge is 2.28. The minimum Gasteiger partial charge on any atom is -0.508 e. The molecule has 1 aromatic rings. The normalized spacial score (nSPS) is 13.3. The van der Waals surface area contributed by atoms with E-state index in [1.807, 2.05) is 6.07 Å². The lowest BCUT2D eigenvalue weighted by Gasteiger charge is -2.23. The van der Waals surface area contributed by atoms with E-state index >= 15 is 0 Å². The first-order valence-electron chi connectivity index (χ1n) is 4.35.